The van der Waals surface area contributed by atoms with E-state index in [9.17, 15) is 9.59 Å². The third-order valence-corrected chi connectivity index (χ3v) is 5.04. The maximum Gasteiger partial charge on any atom is 0.324 e. The fourth-order valence-corrected chi connectivity index (χ4v) is 3.49. The lowest BCUT2D eigenvalue weighted by Gasteiger charge is -2.28. The van der Waals surface area contributed by atoms with E-state index < -0.39 is 0 Å². The second-order valence-electron chi connectivity index (χ2n) is 6.08. The van der Waals surface area contributed by atoms with Gasteiger partial charge >= 0.3 is 6.03 Å². The molecule has 0 aliphatic carbocycles. The number of benzene rings is 1. The van der Waals surface area contributed by atoms with Gasteiger partial charge in [0.05, 0.1) is 5.00 Å². The van der Waals surface area contributed by atoms with Gasteiger partial charge in [0.2, 0.25) is 0 Å². The van der Waals surface area contributed by atoms with Crippen LogP contribution in [0.3, 0.4) is 0 Å². The maximum atomic E-state index is 12.7. The molecule has 0 bridgehead atoms. The smallest absolute Gasteiger partial charge is 0.308 e. The van der Waals surface area contributed by atoms with Crippen LogP contribution in [-0.2, 0) is 0 Å². The van der Waals surface area contributed by atoms with E-state index in [0.717, 1.165) is 30.9 Å². The minimum atomic E-state index is -0.304. The molecule has 126 valence electrons. The molecule has 1 aromatic carbocycles. The first-order chi connectivity index (χ1) is 11.6. The molecule has 2 N–H and O–H groups in total. The number of nitrogens with zero attached hydrogens (tertiary/aromatic N) is 1. The van der Waals surface area contributed by atoms with Crippen LogP contribution in [-0.4, -0.2) is 36.9 Å². The number of thiophene rings is 1. The van der Waals surface area contributed by atoms with Crippen molar-refractivity contribution < 1.29 is 9.59 Å². The zero-order valence-electron chi connectivity index (χ0n) is 13.6. The lowest BCUT2D eigenvalue weighted by Crippen LogP contribution is -2.33. The van der Waals surface area contributed by atoms with Gasteiger partial charge in [-0.1, -0.05) is 12.1 Å². The van der Waals surface area contributed by atoms with Gasteiger partial charge in [0.25, 0.3) is 0 Å². The zero-order valence-corrected chi connectivity index (χ0v) is 14.4. The van der Waals surface area contributed by atoms with Crippen LogP contribution in [0.4, 0.5) is 15.5 Å². The monoisotopic (exact) mass is 343 g/mol. The molecule has 3 rings (SSSR count). The van der Waals surface area contributed by atoms with Crippen molar-refractivity contribution in [3.63, 3.8) is 0 Å². The molecule has 2 aromatic rings. The van der Waals surface area contributed by atoms with Crippen LogP contribution in [0.25, 0.3) is 0 Å². The molecule has 0 unspecified atom stereocenters. The van der Waals surface area contributed by atoms with E-state index in [4.69, 9.17) is 0 Å². The lowest BCUT2D eigenvalue weighted by atomic mass is 9.89. The summed E-state index contributed by atoms with van der Waals surface area (Å²) in [6.07, 6.45) is 1.79. The molecule has 5 nitrogen and oxygen atoms in total. The Bertz CT molecular complexity index is 707. The number of nitrogens with one attached hydrogen (secondary N) is 2. The predicted molar refractivity (Wildman–Crippen MR) is 98.0 cm³/mol. The summed E-state index contributed by atoms with van der Waals surface area (Å²) in [6.45, 7) is 1.91. The fraction of sp³-hybridized carbons (Fsp3) is 0.333. The minimum Gasteiger partial charge on any atom is -0.308 e. The van der Waals surface area contributed by atoms with Crippen LogP contribution in [0.2, 0.25) is 0 Å². The molecule has 1 aromatic heterocycles. The molecule has 1 fully saturated rings. The largest absolute Gasteiger partial charge is 0.324 e. The summed E-state index contributed by atoms with van der Waals surface area (Å²) in [5.41, 5.74) is 1.29. The lowest BCUT2D eigenvalue weighted by molar-refractivity contribution is 0.0857. The van der Waals surface area contributed by atoms with Crippen LogP contribution >= 0.6 is 11.3 Å². The number of anilines is 2. The Kier molecular flexibility index (Phi) is 5.27. The average molecular weight is 343 g/mol. The Morgan fingerprint density at radius 2 is 1.92 bits per heavy atom. The van der Waals surface area contributed by atoms with Gasteiger partial charge in [-0.3, -0.25) is 10.1 Å². The summed E-state index contributed by atoms with van der Waals surface area (Å²) in [6, 6.07) is 10.6. The van der Waals surface area contributed by atoms with Gasteiger partial charge < -0.3 is 10.2 Å². The normalized spacial score (nSPS) is 15.9. The standard InChI is InChI=1S/C18H21N3O2S/c1-21-9-7-13(8-10-21)17(22)14-4-2-5-15(12-14)19-18(23)20-16-6-3-11-24-16/h2-6,11-13H,7-10H2,1H3,(H2,19,20,23). The van der Waals surface area contributed by atoms with Gasteiger partial charge in [0.1, 0.15) is 0 Å². The highest BCUT2D eigenvalue weighted by atomic mass is 32.1. The number of rotatable bonds is 4. The summed E-state index contributed by atoms with van der Waals surface area (Å²) >= 11 is 1.46. The highest BCUT2D eigenvalue weighted by Crippen LogP contribution is 2.23. The van der Waals surface area contributed by atoms with Crippen molar-refractivity contribution >= 4 is 33.8 Å². The number of urea groups is 1. The zero-order chi connectivity index (χ0) is 16.9. The Morgan fingerprint density at radius 3 is 2.62 bits per heavy atom. The third-order valence-electron chi connectivity index (χ3n) is 4.25. The van der Waals surface area contributed by atoms with Gasteiger partial charge in [0.15, 0.2) is 5.78 Å². The van der Waals surface area contributed by atoms with Crippen LogP contribution in [0, 0.1) is 5.92 Å². The molecule has 24 heavy (non-hydrogen) atoms. The van der Waals surface area contributed by atoms with Gasteiger partial charge in [0, 0.05) is 17.2 Å². The van der Waals surface area contributed by atoms with E-state index >= 15 is 0 Å². The number of ketones is 1. The van der Waals surface area contributed by atoms with Crippen molar-refractivity contribution in [3.05, 3.63) is 47.3 Å². The van der Waals surface area contributed by atoms with E-state index in [-0.39, 0.29) is 17.7 Å². The molecule has 2 heterocycles. The molecule has 0 saturated carbocycles. The number of likely N-dealkylation sites (tertiary alicyclic amines) is 1. The van der Waals surface area contributed by atoms with Gasteiger partial charge in [-0.15, -0.1) is 11.3 Å². The molecule has 1 aliphatic rings. The van der Waals surface area contributed by atoms with E-state index in [0.29, 0.717) is 11.3 Å². The van der Waals surface area contributed by atoms with Crippen LogP contribution in [0.15, 0.2) is 41.8 Å². The number of hydrogen-bond acceptors (Lipinski definition) is 4. The molecule has 1 aliphatic heterocycles. The Balaban J connectivity index is 1.63. The fourth-order valence-electron chi connectivity index (χ4n) is 2.88. The molecule has 1 saturated heterocycles. The first-order valence-corrected chi connectivity index (χ1v) is 8.94. The summed E-state index contributed by atoms with van der Waals surface area (Å²) in [7, 11) is 2.08. The van der Waals surface area contributed by atoms with Crippen LogP contribution in [0.5, 0.6) is 0 Å². The molecule has 0 spiro atoms. The van der Waals surface area contributed by atoms with Crippen LogP contribution < -0.4 is 10.6 Å². The van der Waals surface area contributed by atoms with E-state index in [1.54, 1.807) is 12.1 Å². The molecule has 0 radical (unpaired) electrons. The summed E-state index contributed by atoms with van der Waals surface area (Å²) < 4.78 is 0. The third kappa shape index (κ3) is 4.21. The SMILES string of the molecule is CN1CCC(C(=O)c2cccc(NC(=O)Nc3cccs3)c2)CC1. The molecule has 2 amide bonds. The quantitative estimate of drug-likeness (QED) is 0.827. The first kappa shape index (κ1) is 16.7. The highest BCUT2D eigenvalue weighted by Gasteiger charge is 2.24. The number of Topliss-reactive ketones (excluding diaryl/α,β-unsaturated/α-hetero) is 1. The summed E-state index contributed by atoms with van der Waals surface area (Å²) in [5.74, 6) is 0.252. The van der Waals surface area contributed by atoms with Crippen molar-refractivity contribution in [3.8, 4) is 0 Å². The molecular formula is C18H21N3O2S. The van der Waals surface area contributed by atoms with Gasteiger partial charge in [-0.25, -0.2) is 4.79 Å². The number of carbonyl (C=O) groups is 2. The summed E-state index contributed by atoms with van der Waals surface area (Å²) in [4.78, 5) is 26.9. The second kappa shape index (κ2) is 7.59. The van der Waals surface area contributed by atoms with Crippen molar-refractivity contribution in [1.82, 2.24) is 4.90 Å². The number of hydrogen-bond donors (Lipinski definition) is 2. The van der Waals surface area contributed by atoms with E-state index in [1.807, 2.05) is 29.6 Å². The van der Waals surface area contributed by atoms with Crippen molar-refractivity contribution in [2.45, 2.75) is 12.8 Å². The van der Waals surface area contributed by atoms with E-state index in [2.05, 4.69) is 22.6 Å². The number of piperidine rings is 1. The van der Waals surface area contributed by atoms with Crippen molar-refractivity contribution in [2.24, 2.45) is 5.92 Å². The molecular weight excluding hydrogens is 322 g/mol. The van der Waals surface area contributed by atoms with Crippen molar-refractivity contribution in [1.29, 1.82) is 0 Å². The Labute approximate surface area is 145 Å². The van der Waals surface area contributed by atoms with Gasteiger partial charge in [-0.05, 0) is 62.6 Å². The highest BCUT2D eigenvalue weighted by molar-refractivity contribution is 7.14. The molecule has 0 atom stereocenters. The molecule has 6 heteroatoms. The van der Waals surface area contributed by atoms with Crippen LogP contribution in [0.1, 0.15) is 23.2 Å². The Morgan fingerprint density at radius 1 is 1.12 bits per heavy atom. The first-order valence-electron chi connectivity index (χ1n) is 8.06. The average Bonchev–Trinajstić information content (AvgIpc) is 3.08. The topological polar surface area (TPSA) is 61.4 Å². The second-order valence-corrected chi connectivity index (χ2v) is 7.03. The Hall–Kier alpha value is -2.18. The summed E-state index contributed by atoms with van der Waals surface area (Å²) in [5, 5.41) is 8.23. The van der Waals surface area contributed by atoms with Crippen molar-refractivity contribution in [2.75, 3.05) is 30.8 Å². The number of amides is 2. The van der Waals surface area contributed by atoms with Gasteiger partial charge in [-0.2, -0.15) is 0 Å². The maximum absolute atomic E-state index is 12.7. The predicted octanol–water partition coefficient (Wildman–Crippen LogP) is 3.92. The van der Waals surface area contributed by atoms with E-state index in [1.165, 1.54) is 11.3 Å². The number of carbonyl (C=O) groups excluding carboxylic acids is 2. The minimum absolute atomic E-state index is 0.0800.